The first-order valence-electron chi connectivity index (χ1n) is 12.4. The summed E-state index contributed by atoms with van der Waals surface area (Å²) >= 11 is 0. The SMILES string of the molecule is Cc1ccc(CN2C(=O)c3ccc(-c4ccco4)n3C[C@]2(C)C(=O)NC2CCCCCCC2)o1. The molecule has 0 bridgehead atoms. The lowest BCUT2D eigenvalue weighted by Gasteiger charge is -2.44. The Kier molecular flexibility index (Phi) is 6.11. The van der Waals surface area contributed by atoms with Crippen LogP contribution in [0.3, 0.4) is 0 Å². The van der Waals surface area contributed by atoms with E-state index in [9.17, 15) is 9.59 Å². The fourth-order valence-electron chi connectivity index (χ4n) is 5.33. The average molecular weight is 464 g/mol. The lowest BCUT2D eigenvalue weighted by molar-refractivity contribution is -0.134. The Morgan fingerprint density at radius 3 is 2.47 bits per heavy atom. The van der Waals surface area contributed by atoms with Crippen LogP contribution in [0.2, 0.25) is 0 Å². The van der Waals surface area contributed by atoms with Gasteiger partial charge in [-0.2, -0.15) is 0 Å². The van der Waals surface area contributed by atoms with Crippen molar-refractivity contribution in [3.8, 4) is 11.5 Å². The van der Waals surface area contributed by atoms with Crippen LogP contribution in [0, 0.1) is 6.92 Å². The van der Waals surface area contributed by atoms with Gasteiger partial charge in [0, 0.05) is 6.04 Å². The zero-order chi connectivity index (χ0) is 23.7. The number of nitrogens with zero attached hydrogens (tertiary/aromatic N) is 2. The highest BCUT2D eigenvalue weighted by Gasteiger charge is 2.48. The van der Waals surface area contributed by atoms with E-state index in [0.29, 0.717) is 23.8 Å². The van der Waals surface area contributed by atoms with Crippen molar-refractivity contribution >= 4 is 11.8 Å². The topological polar surface area (TPSA) is 80.6 Å². The molecule has 2 aliphatic rings. The molecule has 1 atom stereocenters. The van der Waals surface area contributed by atoms with Crippen LogP contribution in [-0.2, 0) is 17.9 Å². The van der Waals surface area contributed by atoms with Crippen LogP contribution in [0.5, 0.6) is 0 Å². The smallest absolute Gasteiger partial charge is 0.271 e. The Bertz CT molecular complexity index is 1150. The molecule has 180 valence electrons. The second kappa shape index (κ2) is 9.20. The summed E-state index contributed by atoms with van der Waals surface area (Å²) in [5, 5.41) is 3.32. The largest absolute Gasteiger partial charge is 0.464 e. The van der Waals surface area contributed by atoms with Crippen molar-refractivity contribution in [3.05, 3.63) is 59.9 Å². The average Bonchev–Trinajstić information content (AvgIpc) is 3.54. The predicted octanol–water partition coefficient (Wildman–Crippen LogP) is 5.29. The number of aromatic nitrogens is 1. The van der Waals surface area contributed by atoms with Crippen molar-refractivity contribution in [2.75, 3.05) is 0 Å². The molecule has 3 aromatic heterocycles. The molecule has 0 radical (unpaired) electrons. The lowest BCUT2D eigenvalue weighted by atomic mass is 9.92. The van der Waals surface area contributed by atoms with Crippen LogP contribution in [0.1, 0.15) is 73.9 Å². The summed E-state index contributed by atoms with van der Waals surface area (Å²) in [7, 11) is 0. The molecule has 7 nitrogen and oxygen atoms in total. The summed E-state index contributed by atoms with van der Waals surface area (Å²) in [4.78, 5) is 29.3. The number of fused-ring (bicyclic) bond motifs is 1. The zero-order valence-corrected chi connectivity index (χ0v) is 20.0. The summed E-state index contributed by atoms with van der Waals surface area (Å²) < 4.78 is 13.3. The van der Waals surface area contributed by atoms with Crippen molar-refractivity contribution in [2.24, 2.45) is 0 Å². The van der Waals surface area contributed by atoms with Crippen molar-refractivity contribution in [1.82, 2.24) is 14.8 Å². The normalized spacial score (nSPS) is 21.7. The first-order valence-corrected chi connectivity index (χ1v) is 12.4. The summed E-state index contributed by atoms with van der Waals surface area (Å²) in [6.45, 7) is 4.33. The second-order valence-corrected chi connectivity index (χ2v) is 9.86. The number of hydrogen-bond donors (Lipinski definition) is 1. The molecule has 1 aliphatic heterocycles. The number of aryl methyl sites for hydroxylation is 1. The Morgan fingerprint density at radius 1 is 1.06 bits per heavy atom. The van der Waals surface area contributed by atoms with Gasteiger partial charge >= 0.3 is 0 Å². The van der Waals surface area contributed by atoms with Crippen molar-refractivity contribution < 1.29 is 18.4 Å². The molecule has 5 rings (SSSR count). The van der Waals surface area contributed by atoms with E-state index in [2.05, 4.69) is 5.32 Å². The van der Waals surface area contributed by atoms with Crippen LogP contribution < -0.4 is 5.32 Å². The number of carbonyl (C=O) groups is 2. The van der Waals surface area contributed by atoms with Gasteiger partial charge < -0.3 is 23.6 Å². The van der Waals surface area contributed by atoms with Gasteiger partial charge in [-0.25, -0.2) is 0 Å². The van der Waals surface area contributed by atoms with Crippen molar-refractivity contribution in [2.45, 2.75) is 83.5 Å². The molecular formula is C27H33N3O4. The van der Waals surface area contributed by atoms with E-state index in [4.69, 9.17) is 8.83 Å². The Morgan fingerprint density at radius 2 is 1.79 bits per heavy atom. The maximum absolute atomic E-state index is 13.9. The molecular weight excluding hydrogens is 430 g/mol. The molecule has 7 heteroatoms. The van der Waals surface area contributed by atoms with Gasteiger partial charge in [0.1, 0.15) is 28.5 Å². The Balaban J connectivity index is 1.49. The van der Waals surface area contributed by atoms with E-state index in [1.807, 2.05) is 54.8 Å². The molecule has 0 spiro atoms. The van der Waals surface area contributed by atoms with Crippen LogP contribution in [0.4, 0.5) is 0 Å². The molecule has 4 heterocycles. The maximum Gasteiger partial charge on any atom is 0.271 e. The van der Waals surface area contributed by atoms with Gasteiger partial charge in [0.25, 0.3) is 5.91 Å². The monoisotopic (exact) mass is 463 g/mol. The van der Waals surface area contributed by atoms with Gasteiger partial charge in [0.2, 0.25) is 5.91 Å². The molecule has 1 fully saturated rings. The molecule has 3 aromatic rings. The zero-order valence-electron chi connectivity index (χ0n) is 20.0. The van der Waals surface area contributed by atoms with Crippen molar-refractivity contribution in [3.63, 3.8) is 0 Å². The predicted molar refractivity (Wildman–Crippen MR) is 128 cm³/mol. The molecule has 0 unspecified atom stereocenters. The standard InChI is InChI=1S/C27H33N3O4/c1-19-12-13-21(34-19)17-30-25(31)23-15-14-22(24-11-8-16-33-24)29(23)18-27(30,2)26(32)28-20-9-6-4-3-5-7-10-20/h8,11-16,20H,3-7,9-10,17-18H2,1-2H3,(H,28,32)/t27-/m1/s1. The minimum Gasteiger partial charge on any atom is -0.464 e. The quantitative estimate of drug-likeness (QED) is 0.557. The minimum atomic E-state index is -1.08. The van der Waals surface area contributed by atoms with E-state index < -0.39 is 5.54 Å². The van der Waals surface area contributed by atoms with Gasteiger partial charge in [-0.15, -0.1) is 0 Å². The van der Waals surface area contributed by atoms with Crippen LogP contribution in [-0.4, -0.2) is 32.9 Å². The van der Waals surface area contributed by atoms with Gasteiger partial charge in [-0.1, -0.05) is 32.1 Å². The second-order valence-electron chi connectivity index (χ2n) is 9.86. The molecule has 1 N–H and O–H groups in total. The number of carbonyl (C=O) groups excluding carboxylic acids is 2. The molecule has 0 saturated heterocycles. The van der Waals surface area contributed by atoms with Crippen molar-refractivity contribution in [1.29, 1.82) is 0 Å². The van der Waals surface area contributed by atoms with Gasteiger partial charge in [0.05, 0.1) is 25.0 Å². The maximum atomic E-state index is 13.9. The van der Waals surface area contributed by atoms with Gasteiger partial charge in [-0.05, 0) is 63.1 Å². The number of hydrogen-bond acceptors (Lipinski definition) is 4. The fraction of sp³-hybridized carbons (Fsp3) is 0.481. The molecule has 34 heavy (non-hydrogen) atoms. The van der Waals surface area contributed by atoms with Crippen LogP contribution >= 0.6 is 0 Å². The molecule has 0 aromatic carbocycles. The Hall–Kier alpha value is -3.22. The highest BCUT2D eigenvalue weighted by molar-refractivity contribution is 6.00. The van der Waals surface area contributed by atoms with Crippen LogP contribution in [0.25, 0.3) is 11.5 Å². The van der Waals surface area contributed by atoms with E-state index >= 15 is 0 Å². The summed E-state index contributed by atoms with van der Waals surface area (Å²) in [5.41, 5.74) is 0.269. The van der Waals surface area contributed by atoms with E-state index in [1.54, 1.807) is 11.2 Å². The first kappa shape index (κ1) is 22.6. The van der Waals surface area contributed by atoms with E-state index in [1.165, 1.54) is 19.3 Å². The Labute approximate surface area is 200 Å². The summed E-state index contributed by atoms with van der Waals surface area (Å²) in [6.07, 6.45) is 9.54. The lowest BCUT2D eigenvalue weighted by Crippen LogP contribution is -2.64. The third-order valence-corrected chi connectivity index (χ3v) is 7.32. The highest BCUT2D eigenvalue weighted by atomic mass is 16.3. The van der Waals surface area contributed by atoms with E-state index in [-0.39, 0.29) is 24.4 Å². The third kappa shape index (κ3) is 4.19. The van der Waals surface area contributed by atoms with Gasteiger partial charge in [0.15, 0.2) is 0 Å². The first-order chi connectivity index (χ1) is 16.5. The fourth-order valence-corrected chi connectivity index (χ4v) is 5.33. The minimum absolute atomic E-state index is 0.112. The molecule has 1 saturated carbocycles. The van der Waals surface area contributed by atoms with Gasteiger partial charge in [-0.3, -0.25) is 9.59 Å². The molecule has 2 amide bonds. The summed E-state index contributed by atoms with van der Waals surface area (Å²) in [6, 6.07) is 11.3. The van der Waals surface area contributed by atoms with E-state index in [0.717, 1.165) is 37.1 Å². The highest BCUT2D eigenvalue weighted by Crippen LogP contribution is 2.35. The van der Waals surface area contributed by atoms with Crippen LogP contribution in [0.15, 0.2) is 51.5 Å². The number of nitrogens with one attached hydrogen (secondary N) is 1. The number of rotatable bonds is 5. The number of furan rings is 2. The number of amides is 2. The third-order valence-electron chi connectivity index (χ3n) is 7.32. The molecule has 1 aliphatic carbocycles. The summed E-state index contributed by atoms with van der Waals surface area (Å²) in [5.74, 6) is 1.83.